The monoisotopic (exact) mass is 290 g/mol. The molecular formula is C13H26N2O3S. The highest BCUT2D eigenvalue weighted by molar-refractivity contribution is 7.91. The van der Waals surface area contributed by atoms with Crippen molar-refractivity contribution in [3.8, 4) is 0 Å². The van der Waals surface area contributed by atoms with Crippen LogP contribution in [0.5, 0.6) is 0 Å². The van der Waals surface area contributed by atoms with Crippen molar-refractivity contribution in [3.05, 3.63) is 0 Å². The van der Waals surface area contributed by atoms with Crippen LogP contribution < -0.4 is 5.32 Å². The summed E-state index contributed by atoms with van der Waals surface area (Å²) in [7, 11) is -0.685. The quantitative estimate of drug-likeness (QED) is 0.611. The smallest absolute Gasteiger partial charge is 0.151 e. The fourth-order valence-corrected chi connectivity index (χ4v) is 3.99. The predicted octanol–water partition coefficient (Wildman–Crippen LogP) is 0.122. The molecule has 0 spiro atoms. The van der Waals surface area contributed by atoms with Crippen molar-refractivity contribution in [1.29, 1.82) is 0 Å². The first-order valence-corrected chi connectivity index (χ1v) is 9.07. The molecule has 0 aromatic carbocycles. The van der Waals surface area contributed by atoms with Gasteiger partial charge in [-0.15, -0.1) is 0 Å². The van der Waals surface area contributed by atoms with Crippen molar-refractivity contribution in [3.63, 3.8) is 0 Å². The minimum Gasteiger partial charge on any atom is -0.380 e. The molecule has 0 aromatic heterocycles. The van der Waals surface area contributed by atoms with Crippen molar-refractivity contribution in [1.82, 2.24) is 10.2 Å². The molecule has 0 bridgehead atoms. The molecular weight excluding hydrogens is 264 g/mol. The molecule has 0 radical (unpaired) electrons. The molecule has 1 aliphatic carbocycles. The van der Waals surface area contributed by atoms with Crippen molar-refractivity contribution in [2.45, 2.75) is 25.3 Å². The lowest BCUT2D eigenvalue weighted by Crippen LogP contribution is -2.37. The van der Waals surface area contributed by atoms with E-state index >= 15 is 0 Å². The number of likely N-dealkylation sites (N-methyl/N-ethyl adjacent to an activating group) is 1. The summed E-state index contributed by atoms with van der Waals surface area (Å²) in [5.41, 5.74) is 0. The van der Waals surface area contributed by atoms with Crippen LogP contribution in [0.25, 0.3) is 0 Å². The number of nitrogens with one attached hydrogen (secondary N) is 1. The minimum absolute atomic E-state index is 0.157. The van der Waals surface area contributed by atoms with Crippen LogP contribution >= 0.6 is 0 Å². The summed E-state index contributed by atoms with van der Waals surface area (Å²) in [6.45, 7) is 4.44. The summed E-state index contributed by atoms with van der Waals surface area (Å²) in [6.07, 6.45) is 3.44. The predicted molar refractivity (Wildman–Crippen MR) is 76.1 cm³/mol. The van der Waals surface area contributed by atoms with Crippen molar-refractivity contribution < 1.29 is 13.2 Å². The first-order chi connectivity index (χ1) is 9.05. The maximum Gasteiger partial charge on any atom is 0.151 e. The van der Waals surface area contributed by atoms with Gasteiger partial charge in [-0.05, 0) is 32.2 Å². The molecule has 1 atom stereocenters. The largest absolute Gasteiger partial charge is 0.380 e. The lowest BCUT2D eigenvalue weighted by Gasteiger charge is -2.18. The van der Waals surface area contributed by atoms with Gasteiger partial charge in [0.2, 0.25) is 0 Å². The van der Waals surface area contributed by atoms with Crippen LogP contribution in [-0.4, -0.2) is 70.8 Å². The molecule has 2 aliphatic rings. The molecule has 1 N–H and O–H groups in total. The third kappa shape index (κ3) is 6.21. The first-order valence-electron chi connectivity index (χ1n) is 7.25. The van der Waals surface area contributed by atoms with Gasteiger partial charge in [0, 0.05) is 32.3 Å². The molecule has 1 saturated carbocycles. The zero-order valence-electron chi connectivity index (χ0n) is 11.8. The van der Waals surface area contributed by atoms with Gasteiger partial charge in [0.15, 0.2) is 9.84 Å². The molecule has 19 heavy (non-hydrogen) atoms. The van der Waals surface area contributed by atoms with E-state index in [9.17, 15) is 8.42 Å². The Morgan fingerprint density at radius 3 is 2.68 bits per heavy atom. The third-order valence-electron chi connectivity index (χ3n) is 3.83. The van der Waals surface area contributed by atoms with E-state index in [1.54, 1.807) is 0 Å². The van der Waals surface area contributed by atoms with Gasteiger partial charge in [-0.3, -0.25) is 0 Å². The highest BCUT2D eigenvalue weighted by Gasteiger charge is 2.27. The van der Waals surface area contributed by atoms with E-state index in [4.69, 9.17) is 4.74 Å². The summed E-state index contributed by atoms with van der Waals surface area (Å²) in [5.74, 6) is 1.48. The molecule has 6 heteroatoms. The zero-order chi connectivity index (χ0) is 13.7. The SMILES string of the molecule is CN(CCNC1CCS(=O)(=O)C1)CCOCC1CC1. The average molecular weight is 290 g/mol. The molecule has 5 nitrogen and oxygen atoms in total. The lowest BCUT2D eigenvalue weighted by atomic mass is 10.2. The molecule has 1 saturated heterocycles. The highest BCUT2D eigenvalue weighted by atomic mass is 32.2. The van der Waals surface area contributed by atoms with Gasteiger partial charge in [-0.25, -0.2) is 8.42 Å². The van der Waals surface area contributed by atoms with Gasteiger partial charge in [-0.1, -0.05) is 0 Å². The molecule has 1 aliphatic heterocycles. The first kappa shape index (κ1) is 15.2. The van der Waals surface area contributed by atoms with Crippen molar-refractivity contribution in [2.75, 3.05) is 51.4 Å². The van der Waals surface area contributed by atoms with Gasteiger partial charge in [-0.2, -0.15) is 0 Å². The topological polar surface area (TPSA) is 58.6 Å². The van der Waals surface area contributed by atoms with E-state index in [1.165, 1.54) is 12.8 Å². The number of rotatable bonds is 9. The van der Waals surface area contributed by atoms with Gasteiger partial charge in [0.1, 0.15) is 0 Å². The second-order valence-corrected chi connectivity index (χ2v) is 8.10. The summed E-state index contributed by atoms with van der Waals surface area (Å²) >= 11 is 0. The fraction of sp³-hybridized carbons (Fsp3) is 1.00. The Bertz CT molecular complexity index is 368. The van der Waals surface area contributed by atoms with E-state index in [0.29, 0.717) is 11.5 Å². The van der Waals surface area contributed by atoms with E-state index in [1.807, 2.05) is 0 Å². The van der Waals surface area contributed by atoms with Gasteiger partial charge >= 0.3 is 0 Å². The van der Waals surface area contributed by atoms with Gasteiger partial charge < -0.3 is 15.0 Å². The van der Waals surface area contributed by atoms with Crippen LogP contribution in [0.1, 0.15) is 19.3 Å². The normalized spacial score (nSPS) is 26.1. The Morgan fingerprint density at radius 2 is 2.05 bits per heavy atom. The van der Waals surface area contributed by atoms with E-state index in [0.717, 1.165) is 45.2 Å². The Hall–Kier alpha value is -0.170. The number of hydrogen-bond acceptors (Lipinski definition) is 5. The molecule has 1 unspecified atom stereocenters. The van der Waals surface area contributed by atoms with Crippen LogP contribution in [0.15, 0.2) is 0 Å². The third-order valence-corrected chi connectivity index (χ3v) is 5.59. The van der Waals surface area contributed by atoms with Crippen molar-refractivity contribution in [2.24, 2.45) is 5.92 Å². The number of hydrogen-bond donors (Lipinski definition) is 1. The molecule has 2 fully saturated rings. The average Bonchev–Trinajstić information content (AvgIpc) is 3.10. The molecule has 112 valence electrons. The molecule has 0 amide bonds. The van der Waals surface area contributed by atoms with E-state index in [2.05, 4.69) is 17.3 Å². The Morgan fingerprint density at radius 1 is 1.26 bits per heavy atom. The summed E-state index contributed by atoms with van der Waals surface area (Å²) in [5, 5.41) is 3.33. The standard InChI is InChI=1S/C13H26N2O3S/c1-15(7-8-18-10-12-2-3-12)6-5-14-13-4-9-19(16,17)11-13/h12-14H,2-11H2,1H3. The Kier molecular flexibility index (Phi) is 5.62. The van der Waals surface area contributed by atoms with Crippen molar-refractivity contribution >= 4 is 9.84 Å². The van der Waals surface area contributed by atoms with Crippen LogP contribution in [0.3, 0.4) is 0 Å². The number of nitrogens with zero attached hydrogens (tertiary/aromatic N) is 1. The van der Waals surface area contributed by atoms with E-state index in [-0.39, 0.29) is 6.04 Å². The second kappa shape index (κ2) is 7.02. The maximum absolute atomic E-state index is 11.3. The number of sulfone groups is 1. The Labute approximate surface area is 116 Å². The Balaban J connectivity index is 1.45. The molecule has 0 aromatic rings. The number of ether oxygens (including phenoxy) is 1. The fourth-order valence-electron chi connectivity index (χ4n) is 2.28. The molecule has 1 heterocycles. The van der Waals surface area contributed by atoms with Crippen LogP contribution in [0.4, 0.5) is 0 Å². The van der Waals surface area contributed by atoms with E-state index < -0.39 is 9.84 Å². The highest BCUT2D eigenvalue weighted by Crippen LogP contribution is 2.28. The lowest BCUT2D eigenvalue weighted by molar-refractivity contribution is 0.103. The molecule has 2 rings (SSSR count). The van der Waals surface area contributed by atoms with Gasteiger partial charge in [0.05, 0.1) is 18.1 Å². The summed E-state index contributed by atoms with van der Waals surface area (Å²) in [6, 6.07) is 0.157. The minimum atomic E-state index is -2.76. The second-order valence-electron chi connectivity index (χ2n) is 5.88. The van der Waals surface area contributed by atoms with Crippen LogP contribution in [0.2, 0.25) is 0 Å². The van der Waals surface area contributed by atoms with Crippen LogP contribution in [-0.2, 0) is 14.6 Å². The maximum atomic E-state index is 11.3. The van der Waals surface area contributed by atoms with Gasteiger partial charge in [0.25, 0.3) is 0 Å². The summed E-state index contributed by atoms with van der Waals surface area (Å²) in [4.78, 5) is 2.23. The summed E-state index contributed by atoms with van der Waals surface area (Å²) < 4.78 is 28.2. The van der Waals surface area contributed by atoms with Crippen LogP contribution in [0, 0.1) is 5.92 Å². The zero-order valence-corrected chi connectivity index (χ0v) is 12.6.